The molecule has 170 valence electrons. The third-order valence-corrected chi connectivity index (χ3v) is 6.21. The highest BCUT2D eigenvalue weighted by Crippen LogP contribution is 2.30. The van der Waals surface area contributed by atoms with E-state index in [-0.39, 0.29) is 35.7 Å². The van der Waals surface area contributed by atoms with Gasteiger partial charge in [0.15, 0.2) is 0 Å². The lowest BCUT2D eigenvalue weighted by Gasteiger charge is -2.15. The number of halogens is 1. The van der Waals surface area contributed by atoms with Gasteiger partial charge < -0.3 is 10.1 Å². The molecule has 1 atom stereocenters. The molecule has 0 radical (unpaired) electrons. The van der Waals surface area contributed by atoms with Gasteiger partial charge in [0, 0.05) is 12.1 Å². The number of rotatable bonds is 11. The molecule has 1 aliphatic heterocycles. The SMILES string of the molecule is CCCCCCOc1ccc(N2C(=O)CC(SCC(=O)Nc3ccc(F)cc3)C2=O)cc1. The molecule has 2 aromatic rings. The van der Waals surface area contributed by atoms with E-state index in [9.17, 15) is 18.8 Å². The van der Waals surface area contributed by atoms with Crippen molar-refractivity contribution in [3.63, 3.8) is 0 Å². The first kappa shape index (κ1) is 23.8. The Kier molecular flexibility index (Phi) is 8.67. The lowest BCUT2D eigenvalue weighted by molar-refractivity contribution is -0.121. The Morgan fingerprint density at radius 2 is 1.81 bits per heavy atom. The van der Waals surface area contributed by atoms with Crippen LogP contribution in [-0.2, 0) is 14.4 Å². The second-order valence-electron chi connectivity index (χ2n) is 7.53. The van der Waals surface area contributed by atoms with Gasteiger partial charge in [0.1, 0.15) is 11.6 Å². The second kappa shape index (κ2) is 11.7. The van der Waals surface area contributed by atoms with Crippen LogP contribution in [-0.4, -0.2) is 35.3 Å². The molecule has 2 aromatic carbocycles. The van der Waals surface area contributed by atoms with Crippen molar-refractivity contribution in [1.29, 1.82) is 0 Å². The predicted octanol–water partition coefficient (Wildman–Crippen LogP) is 4.79. The van der Waals surface area contributed by atoms with Gasteiger partial charge in [-0.3, -0.25) is 14.4 Å². The number of anilines is 2. The summed E-state index contributed by atoms with van der Waals surface area (Å²) in [7, 11) is 0. The second-order valence-corrected chi connectivity index (χ2v) is 8.72. The number of hydrogen-bond acceptors (Lipinski definition) is 5. The molecule has 3 rings (SSSR count). The number of nitrogens with one attached hydrogen (secondary N) is 1. The number of carbonyl (C=O) groups excluding carboxylic acids is 3. The largest absolute Gasteiger partial charge is 0.494 e. The Morgan fingerprint density at radius 3 is 2.50 bits per heavy atom. The standard InChI is InChI=1S/C24H27FN2O4S/c1-2-3-4-5-14-31-20-12-10-19(11-13-20)27-23(29)15-21(24(27)30)32-16-22(28)26-18-8-6-17(25)7-9-18/h6-13,21H,2-5,14-16H2,1H3,(H,26,28). The van der Waals surface area contributed by atoms with Crippen LogP contribution in [0, 0.1) is 5.82 Å². The van der Waals surface area contributed by atoms with Crippen LogP contribution in [0.25, 0.3) is 0 Å². The maximum atomic E-state index is 13.0. The molecular formula is C24H27FN2O4S. The number of ether oxygens (including phenoxy) is 1. The summed E-state index contributed by atoms with van der Waals surface area (Å²) in [5.74, 6) is -0.616. The van der Waals surface area contributed by atoms with Crippen LogP contribution >= 0.6 is 11.8 Å². The van der Waals surface area contributed by atoms with Crippen molar-refractivity contribution >= 4 is 40.9 Å². The van der Waals surface area contributed by atoms with Crippen LogP contribution in [0.4, 0.5) is 15.8 Å². The highest BCUT2D eigenvalue weighted by atomic mass is 32.2. The van der Waals surface area contributed by atoms with E-state index in [0.717, 1.165) is 24.6 Å². The van der Waals surface area contributed by atoms with E-state index < -0.39 is 5.25 Å². The van der Waals surface area contributed by atoms with Gasteiger partial charge in [-0.25, -0.2) is 9.29 Å². The number of hydrogen-bond donors (Lipinski definition) is 1. The number of benzene rings is 2. The van der Waals surface area contributed by atoms with Gasteiger partial charge in [-0.15, -0.1) is 11.8 Å². The maximum Gasteiger partial charge on any atom is 0.247 e. The number of thioether (sulfide) groups is 1. The fraction of sp³-hybridized carbons (Fsp3) is 0.375. The van der Waals surface area contributed by atoms with E-state index in [2.05, 4.69) is 12.2 Å². The monoisotopic (exact) mass is 458 g/mol. The summed E-state index contributed by atoms with van der Waals surface area (Å²) in [6.07, 6.45) is 4.53. The minimum atomic E-state index is -0.615. The minimum Gasteiger partial charge on any atom is -0.494 e. The molecule has 3 amide bonds. The van der Waals surface area contributed by atoms with Crippen molar-refractivity contribution < 1.29 is 23.5 Å². The van der Waals surface area contributed by atoms with Gasteiger partial charge in [0.2, 0.25) is 17.7 Å². The van der Waals surface area contributed by atoms with Crippen molar-refractivity contribution in [3.05, 3.63) is 54.3 Å². The number of carbonyl (C=O) groups is 3. The zero-order chi connectivity index (χ0) is 22.9. The molecule has 8 heteroatoms. The highest BCUT2D eigenvalue weighted by Gasteiger charge is 2.40. The van der Waals surface area contributed by atoms with Crippen LogP contribution in [0.15, 0.2) is 48.5 Å². The van der Waals surface area contributed by atoms with Gasteiger partial charge >= 0.3 is 0 Å². The van der Waals surface area contributed by atoms with Crippen molar-refractivity contribution in [2.75, 3.05) is 22.6 Å². The topological polar surface area (TPSA) is 75.7 Å². The minimum absolute atomic E-state index is 0.0136. The molecule has 1 heterocycles. The smallest absolute Gasteiger partial charge is 0.247 e. The maximum absolute atomic E-state index is 13.0. The van der Waals surface area contributed by atoms with E-state index in [0.29, 0.717) is 23.7 Å². The third-order valence-electron chi connectivity index (χ3n) is 5.01. The van der Waals surface area contributed by atoms with E-state index in [4.69, 9.17) is 4.74 Å². The summed E-state index contributed by atoms with van der Waals surface area (Å²) in [4.78, 5) is 38.5. The van der Waals surface area contributed by atoms with Crippen molar-refractivity contribution in [3.8, 4) is 5.75 Å². The van der Waals surface area contributed by atoms with Gasteiger partial charge in [-0.2, -0.15) is 0 Å². The summed E-state index contributed by atoms with van der Waals surface area (Å²) < 4.78 is 18.7. The zero-order valence-corrected chi connectivity index (χ0v) is 18.8. The summed E-state index contributed by atoms with van der Waals surface area (Å²) in [5, 5.41) is 2.03. The number of amides is 3. The van der Waals surface area contributed by atoms with E-state index in [1.807, 2.05) is 0 Å². The zero-order valence-electron chi connectivity index (χ0n) is 18.0. The molecule has 0 aliphatic carbocycles. The first-order valence-corrected chi connectivity index (χ1v) is 11.8. The third kappa shape index (κ3) is 6.56. The fourth-order valence-corrected chi connectivity index (χ4v) is 4.26. The molecule has 0 aromatic heterocycles. The van der Waals surface area contributed by atoms with Crippen LogP contribution < -0.4 is 15.0 Å². The number of imide groups is 1. The molecule has 0 spiro atoms. The first-order valence-electron chi connectivity index (χ1n) is 10.7. The van der Waals surface area contributed by atoms with Crippen LogP contribution in [0.3, 0.4) is 0 Å². The average molecular weight is 459 g/mol. The Labute approximate surface area is 191 Å². The van der Waals surface area contributed by atoms with Crippen LogP contribution in [0.2, 0.25) is 0 Å². The summed E-state index contributed by atoms with van der Waals surface area (Å²) in [6.45, 7) is 2.80. The molecule has 1 N–H and O–H groups in total. The molecule has 32 heavy (non-hydrogen) atoms. The quantitative estimate of drug-likeness (QED) is 0.387. The molecule has 1 aliphatic rings. The Bertz CT molecular complexity index is 934. The number of nitrogens with zero attached hydrogens (tertiary/aromatic N) is 1. The van der Waals surface area contributed by atoms with E-state index in [1.54, 1.807) is 24.3 Å². The van der Waals surface area contributed by atoms with E-state index >= 15 is 0 Å². The lowest BCUT2D eigenvalue weighted by atomic mass is 10.2. The van der Waals surface area contributed by atoms with Gasteiger partial charge in [-0.05, 0) is 55.0 Å². The molecule has 1 saturated heterocycles. The number of unbranched alkanes of at least 4 members (excludes halogenated alkanes) is 3. The average Bonchev–Trinajstić information content (AvgIpc) is 3.07. The first-order chi connectivity index (χ1) is 15.5. The van der Waals surface area contributed by atoms with Crippen molar-refractivity contribution in [2.24, 2.45) is 0 Å². The van der Waals surface area contributed by atoms with Crippen molar-refractivity contribution in [2.45, 2.75) is 44.3 Å². The Hall–Kier alpha value is -2.87. The molecule has 0 bridgehead atoms. The van der Waals surface area contributed by atoms with Crippen molar-refractivity contribution in [1.82, 2.24) is 0 Å². The summed E-state index contributed by atoms with van der Waals surface area (Å²) in [6, 6.07) is 12.3. The Balaban J connectivity index is 1.49. The fourth-order valence-electron chi connectivity index (χ4n) is 3.32. The Morgan fingerprint density at radius 1 is 1.09 bits per heavy atom. The normalized spacial score (nSPS) is 15.8. The molecular weight excluding hydrogens is 431 g/mol. The van der Waals surface area contributed by atoms with Crippen LogP contribution in [0.1, 0.15) is 39.0 Å². The molecule has 1 unspecified atom stereocenters. The van der Waals surface area contributed by atoms with Gasteiger partial charge in [0.05, 0.1) is 23.3 Å². The predicted molar refractivity (Wildman–Crippen MR) is 124 cm³/mol. The lowest BCUT2D eigenvalue weighted by Crippen LogP contribution is -2.31. The molecule has 1 fully saturated rings. The molecule has 0 saturated carbocycles. The van der Waals surface area contributed by atoms with E-state index in [1.165, 1.54) is 42.0 Å². The summed E-state index contributed by atoms with van der Waals surface area (Å²) in [5.41, 5.74) is 0.970. The van der Waals surface area contributed by atoms with Gasteiger partial charge in [0.25, 0.3) is 0 Å². The van der Waals surface area contributed by atoms with Gasteiger partial charge in [-0.1, -0.05) is 26.2 Å². The summed E-state index contributed by atoms with van der Waals surface area (Å²) >= 11 is 1.12. The highest BCUT2D eigenvalue weighted by molar-refractivity contribution is 8.01. The molecule has 6 nitrogen and oxygen atoms in total. The van der Waals surface area contributed by atoms with Crippen LogP contribution in [0.5, 0.6) is 5.75 Å².